The van der Waals surface area contributed by atoms with Crippen molar-refractivity contribution in [1.29, 1.82) is 0 Å². The molecule has 0 aromatic carbocycles. The van der Waals surface area contributed by atoms with Crippen LogP contribution in [0.5, 0.6) is 0 Å². The lowest BCUT2D eigenvalue weighted by Gasteiger charge is -2.66. The van der Waals surface area contributed by atoms with Crippen LogP contribution in [0.2, 0.25) is 0 Å². The molecule has 9 heteroatoms. The Morgan fingerprint density at radius 3 is 2.49 bits per heavy atom. The van der Waals surface area contributed by atoms with Gasteiger partial charge in [0, 0.05) is 49.7 Å². The first-order chi connectivity index (χ1) is 22.4. The molecule has 262 valence electrons. The first-order valence-corrected chi connectivity index (χ1v) is 18.8. The molecular weight excluding hydrogens is 588 g/mol. The molecular formula is C38H62N6O3. The summed E-state index contributed by atoms with van der Waals surface area (Å²) in [6, 6.07) is -0.851. The van der Waals surface area contributed by atoms with E-state index < -0.39 is 17.6 Å². The highest BCUT2D eigenvalue weighted by atomic mass is 16.5. The van der Waals surface area contributed by atoms with Crippen molar-refractivity contribution in [2.45, 2.75) is 142 Å². The number of nitrogens with one attached hydrogen (secondary N) is 3. The van der Waals surface area contributed by atoms with Gasteiger partial charge >= 0.3 is 5.97 Å². The third kappa shape index (κ3) is 6.70. The number of imidazole rings is 2. The van der Waals surface area contributed by atoms with E-state index in [4.69, 9.17) is 10.5 Å². The van der Waals surface area contributed by atoms with Gasteiger partial charge in [-0.3, -0.25) is 4.79 Å². The van der Waals surface area contributed by atoms with E-state index in [0.717, 1.165) is 61.4 Å². The second kappa shape index (κ2) is 13.9. The van der Waals surface area contributed by atoms with Gasteiger partial charge in [-0.05, 0) is 85.9 Å². The number of hydrogen-bond donors (Lipinski definition) is 5. The van der Waals surface area contributed by atoms with Gasteiger partial charge in [-0.25, -0.2) is 9.97 Å². The second-order valence-electron chi connectivity index (χ2n) is 17.0. The molecule has 11 atom stereocenters. The maximum atomic E-state index is 13.1. The van der Waals surface area contributed by atoms with Crippen LogP contribution in [0.3, 0.4) is 0 Å². The molecule has 4 fully saturated rings. The Kier molecular flexibility index (Phi) is 10.3. The maximum Gasteiger partial charge on any atom is 0.323 e. The molecule has 2 aromatic heterocycles. The normalized spacial score (nSPS) is 38.0. The van der Waals surface area contributed by atoms with Crippen LogP contribution in [0.4, 0.5) is 0 Å². The molecule has 0 spiro atoms. The Bertz CT molecular complexity index is 1300. The SMILES string of the molecule is CC(C)CCCC(C)[C@H]1CC[C@H]2[C@@H]3C[C@@H](NCCc4c[nH]cn4)[C@@]4(O)C[C@@H](OC(=O)C(N)Cc5c[nH]cn5)CC[C@]4(C)[C@H]3CC[C@]12C. The summed E-state index contributed by atoms with van der Waals surface area (Å²) in [5.74, 6) is 3.70. The number of hydrogen-bond acceptors (Lipinski definition) is 7. The van der Waals surface area contributed by atoms with Gasteiger partial charge in [0.15, 0.2) is 0 Å². The van der Waals surface area contributed by atoms with Crippen molar-refractivity contribution < 1.29 is 14.6 Å². The Morgan fingerprint density at radius 1 is 1.04 bits per heavy atom. The van der Waals surface area contributed by atoms with E-state index in [1.165, 1.54) is 44.9 Å². The number of rotatable bonds is 13. The van der Waals surface area contributed by atoms with E-state index in [1.54, 1.807) is 18.9 Å². The number of H-pyrrole nitrogens is 2. The molecule has 2 unspecified atom stereocenters. The van der Waals surface area contributed by atoms with Crippen molar-refractivity contribution in [3.05, 3.63) is 36.4 Å². The first-order valence-electron chi connectivity index (χ1n) is 18.8. The highest BCUT2D eigenvalue weighted by Gasteiger charge is 2.67. The first kappa shape index (κ1) is 34.6. The molecule has 0 aliphatic heterocycles. The summed E-state index contributed by atoms with van der Waals surface area (Å²) in [6.07, 6.45) is 20.0. The van der Waals surface area contributed by atoms with Crippen molar-refractivity contribution in [1.82, 2.24) is 25.3 Å². The number of fused-ring (bicyclic) bond motifs is 5. The van der Waals surface area contributed by atoms with Gasteiger partial charge in [-0.1, -0.05) is 53.9 Å². The molecule has 4 aliphatic rings. The smallest absolute Gasteiger partial charge is 0.323 e. The topological polar surface area (TPSA) is 142 Å². The summed E-state index contributed by atoms with van der Waals surface area (Å²) in [5, 5.41) is 16.9. The van der Waals surface area contributed by atoms with Crippen molar-refractivity contribution in [2.24, 2.45) is 52.1 Å². The highest BCUT2D eigenvalue weighted by Crippen LogP contribution is 2.69. The Morgan fingerprint density at radius 2 is 1.79 bits per heavy atom. The predicted octanol–water partition coefficient (Wildman–Crippen LogP) is 5.96. The Balaban J connectivity index is 1.20. The predicted molar refractivity (Wildman–Crippen MR) is 184 cm³/mol. The molecule has 6 N–H and O–H groups in total. The standard InChI is InChI=1S/C38H62N6O3/c1-24(2)7-6-8-25(3)30-9-10-31-29-18-34(42-16-13-26-20-40-22-43-26)38(46)19-28(47-35(45)33(39)17-27-21-41-23-44-27)11-15-37(38,5)32(29)12-14-36(30,31)4/h20-25,28-34,42,46H,6-19,39H2,1-5H3,(H,40,43)(H,41,44)/t25?,28-,29-,30+,31-,32-,33?,34+,36+,37+,38-/m0/s1. The molecule has 0 saturated heterocycles. The van der Waals surface area contributed by atoms with Crippen molar-refractivity contribution in [3.8, 4) is 0 Å². The summed E-state index contributed by atoms with van der Waals surface area (Å²) >= 11 is 0. The van der Waals surface area contributed by atoms with Gasteiger partial charge in [-0.2, -0.15) is 0 Å². The summed E-state index contributed by atoms with van der Waals surface area (Å²) in [5.41, 5.74) is 7.18. The quantitative estimate of drug-likeness (QED) is 0.168. The van der Waals surface area contributed by atoms with Crippen molar-refractivity contribution in [3.63, 3.8) is 0 Å². The summed E-state index contributed by atoms with van der Waals surface area (Å²) in [6.45, 7) is 13.0. The van der Waals surface area contributed by atoms with E-state index in [-0.39, 0.29) is 17.6 Å². The van der Waals surface area contributed by atoms with Gasteiger partial charge in [0.2, 0.25) is 0 Å². The maximum absolute atomic E-state index is 13.1. The van der Waals surface area contributed by atoms with Gasteiger partial charge in [0.05, 0.1) is 29.6 Å². The molecule has 4 saturated carbocycles. The van der Waals surface area contributed by atoms with Crippen molar-refractivity contribution >= 4 is 5.97 Å². The molecule has 2 heterocycles. The molecule has 0 amide bonds. The number of esters is 1. The zero-order chi connectivity index (χ0) is 33.4. The fourth-order valence-electron chi connectivity index (χ4n) is 11.4. The monoisotopic (exact) mass is 650 g/mol. The molecule has 9 nitrogen and oxygen atoms in total. The van der Waals surface area contributed by atoms with E-state index in [2.05, 4.69) is 59.9 Å². The molecule has 6 rings (SSSR count). The summed E-state index contributed by atoms with van der Waals surface area (Å²) in [4.78, 5) is 27.8. The number of aromatic amines is 2. The van der Waals surface area contributed by atoms with E-state index >= 15 is 0 Å². The van der Waals surface area contributed by atoms with Crippen LogP contribution in [-0.2, 0) is 22.4 Å². The zero-order valence-corrected chi connectivity index (χ0v) is 29.6. The van der Waals surface area contributed by atoms with Crippen molar-refractivity contribution in [2.75, 3.05) is 6.54 Å². The lowest BCUT2D eigenvalue weighted by atomic mass is 9.42. The molecule has 4 aliphatic carbocycles. The number of nitrogens with zero attached hydrogens (tertiary/aromatic N) is 2. The largest absolute Gasteiger partial charge is 0.461 e. The van der Waals surface area contributed by atoms with Crippen LogP contribution in [0.15, 0.2) is 25.0 Å². The lowest BCUT2D eigenvalue weighted by Crippen LogP contribution is -2.71. The van der Waals surface area contributed by atoms with Crippen LogP contribution < -0.4 is 11.1 Å². The van der Waals surface area contributed by atoms with Crippen LogP contribution in [-0.4, -0.2) is 61.3 Å². The number of aliphatic hydroxyl groups is 1. The molecule has 2 aromatic rings. The minimum absolute atomic E-state index is 0.0724. The average Bonchev–Trinajstić information content (AvgIpc) is 3.80. The fourth-order valence-corrected chi connectivity index (χ4v) is 11.4. The number of carbonyl (C=O) groups excluding carboxylic acids is 1. The minimum atomic E-state index is -0.981. The van der Waals surface area contributed by atoms with Gasteiger partial charge < -0.3 is 30.9 Å². The number of ether oxygens (including phenoxy) is 1. The number of carbonyl (C=O) groups is 1. The third-order valence-electron chi connectivity index (χ3n) is 14.0. The molecule has 0 radical (unpaired) electrons. The minimum Gasteiger partial charge on any atom is -0.461 e. The summed E-state index contributed by atoms with van der Waals surface area (Å²) < 4.78 is 6.08. The fraction of sp³-hybridized carbons (Fsp3) is 0.816. The van der Waals surface area contributed by atoms with E-state index in [1.807, 2.05) is 6.20 Å². The zero-order valence-electron chi connectivity index (χ0n) is 29.6. The molecule has 47 heavy (non-hydrogen) atoms. The number of aromatic nitrogens is 4. The second-order valence-corrected chi connectivity index (χ2v) is 17.0. The third-order valence-corrected chi connectivity index (χ3v) is 14.0. The van der Waals surface area contributed by atoms with Crippen LogP contribution >= 0.6 is 0 Å². The Hall–Kier alpha value is -2.23. The van der Waals surface area contributed by atoms with Gasteiger partial charge in [0.25, 0.3) is 0 Å². The Labute approximate surface area is 282 Å². The van der Waals surface area contributed by atoms with Gasteiger partial charge in [0.1, 0.15) is 12.1 Å². The lowest BCUT2D eigenvalue weighted by molar-refractivity contribution is -0.237. The molecule has 0 bridgehead atoms. The van der Waals surface area contributed by atoms with Gasteiger partial charge in [-0.15, -0.1) is 0 Å². The van der Waals surface area contributed by atoms with E-state index in [0.29, 0.717) is 36.0 Å². The summed E-state index contributed by atoms with van der Waals surface area (Å²) in [7, 11) is 0. The van der Waals surface area contributed by atoms with Crippen LogP contribution in [0.25, 0.3) is 0 Å². The average molecular weight is 651 g/mol. The van der Waals surface area contributed by atoms with Crippen LogP contribution in [0.1, 0.15) is 117 Å². The number of nitrogens with two attached hydrogens (primary N) is 1. The van der Waals surface area contributed by atoms with Crippen LogP contribution in [0, 0.1) is 46.3 Å². The highest BCUT2D eigenvalue weighted by molar-refractivity contribution is 5.76. The van der Waals surface area contributed by atoms with E-state index in [9.17, 15) is 9.90 Å².